The van der Waals surface area contributed by atoms with Crippen LogP contribution in [0, 0.1) is 0 Å². The third-order valence-electron chi connectivity index (χ3n) is 7.02. The van der Waals surface area contributed by atoms with Crippen molar-refractivity contribution >= 4 is 0 Å². The molecular formula is C29H24. The highest BCUT2D eigenvalue weighted by Crippen LogP contribution is 2.50. The Kier molecular flexibility index (Phi) is 3.44. The lowest BCUT2D eigenvalue weighted by molar-refractivity contribution is 0.660. The Labute approximate surface area is 172 Å². The fourth-order valence-corrected chi connectivity index (χ4v) is 5.51. The molecule has 0 N–H and O–H groups in total. The van der Waals surface area contributed by atoms with Crippen molar-refractivity contribution < 1.29 is 0 Å². The molecule has 0 spiro atoms. The second-order valence-electron chi connectivity index (χ2n) is 8.92. The van der Waals surface area contributed by atoms with Crippen LogP contribution in [0.3, 0.4) is 0 Å². The largest absolute Gasteiger partial charge is 0.0620 e. The van der Waals surface area contributed by atoms with E-state index in [9.17, 15) is 0 Å². The third-order valence-corrected chi connectivity index (χ3v) is 7.02. The molecule has 0 unspecified atom stereocenters. The summed E-state index contributed by atoms with van der Waals surface area (Å²) in [4.78, 5) is 0. The average Bonchev–Trinajstić information content (AvgIpc) is 3.00. The Balaban J connectivity index is 1.54. The van der Waals surface area contributed by atoms with Gasteiger partial charge in [0.05, 0.1) is 0 Å². The SMILES string of the molecule is CC1(C)c2ccccc2-c2ccc(-c3cccc4c3CCc3ccccc3-4)cc21. The molecule has 0 heteroatoms. The lowest BCUT2D eigenvalue weighted by Crippen LogP contribution is -2.15. The molecular weight excluding hydrogens is 348 g/mol. The lowest BCUT2D eigenvalue weighted by Gasteiger charge is -2.24. The molecule has 0 saturated heterocycles. The first-order chi connectivity index (χ1) is 14.1. The smallest absolute Gasteiger partial charge is 0.0159 e. The maximum Gasteiger partial charge on any atom is 0.0159 e. The van der Waals surface area contributed by atoms with E-state index in [2.05, 4.69) is 98.8 Å². The molecule has 4 aromatic rings. The normalized spacial score (nSPS) is 15.2. The summed E-state index contributed by atoms with van der Waals surface area (Å²) < 4.78 is 0. The zero-order valence-electron chi connectivity index (χ0n) is 17.0. The van der Waals surface area contributed by atoms with Gasteiger partial charge in [-0.3, -0.25) is 0 Å². The number of fused-ring (bicyclic) bond motifs is 6. The quantitative estimate of drug-likeness (QED) is 0.326. The van der Waals surface area contributed by atoms with Crippen LogP contribution in [0.1, 0.15) is 36.1 Å². The van der Waals surface area contributed by atoms with E-state index in [1.165, 1.54) is 55.6 Å². The van der Waals surface area contributed by atoms with Gasteiger partial charge in [-0.2, -0.15) is 0 Å². The molecule has 0 amide bonds. The molecule has 140 valence electrons. The van der Waals surface area contributed by atoms with Gasteiger partial charge in [0.2, 0.25) is 0 Å². The number of hydrogen-bond donors (Lipinski definition) is 0. The zero-order valence-corrected chi connectivity index (χ0v) is 17.0. The van der Waals surface area contributed by atoms with E-state index in [0.29, 0.717) is 0 Å². The van der Waals surface area contributed by atoms with E-state index < -0.39 is 0 Å². The van der Waals surface area contributed by atoms with Crippen LogP contribution in [0.25, 0.3) is 33.4 Å². The molecule has 0 atom stereocenters. The minimum absolute atomic E-state index is 0.0450. The second-order valence-corrected chi connectivity index (χ2v) is 8.92. The van der Waals surface area contributed by atoms with Crippen LogP contribution in [0.2, 0.25) is 0 Å². The van der Waals surface area contributed by atoms with Crippen LogP contribution in [-0.2, 0) is 18.3 Å². The molecule has 0 saturated carbocycles. The second kappa shape index (κ2) is 5.94. The van der Waals surface area contributed by atoms with E-state index in [1.807, 2.05) is 0 Å². The lowest BCUT2D eigenvalue weighted by atomic mass is 9.79. The predicted molar refractivity (Wildman–Crippen MR) is 122 cm³/mol. The molecule has 0 nitrogen and oxygen atoms in total. The summed E-state index contributed by atoms with van der Waals surface area (Å²) >= 11 is 0. The summed E-state index contributed by atoms with van der Waals surface area (Å²) in [6.45, 7) is 4.72. The summed E-state index contributed by atoms with van der Waals surface area (Å²) in [6, 6.07) is 31.7. The van der Waals surface area contributed by atoms with Crippen LogP contribution < -0.4 is 0 Å². The van der Waals surface area contributed by atoms with Crippen molar-refractivity contribution in [2.75, 3.05) is 0 Å². The molecule has 0 heterocycles. The summed E-state index contributed by atoms with van der Waals surface area (Å²) in [6.07, 6.45) is 2.24. The number of rotatable bonds is 1. The number of hydrogen-bond acceptors (Lipinski definition) is 0. The molecule has 0 fully saturated rings. The number of aryl methyl sites for hydroxylation is 1. The number of benzene rings is 4. The molecule has 6 rings (SSSR count). The molecule has 0 aromatic heterocycles. The molecule has 29 heavy (non-hydrogen) atoms. The standard InChI is InChI=1S/C29H24/c1-29(2)27-13-6-5-10-25(27)26-17-15-20(18-28(26)29)22-11-7-12-23-21-9-4-3-8-19(21)14-16-24(22)23/h3-13,15,17-18H,14,16H2,1-2H3. The van der Waals surface area contributed by atoms with Crippen LogP contribution in [-0.4, -0.2) is 0 Å². The molecule has 2 aliphatic rings. The van der Waals surface area contributed by atoms with Crippen LogP contribution in [0.5, 0.6) is 0 Å². The van der Waals surface area contributed by atoms with Gasteiger partial charge < -0.3 is 0 Å². The highest BCUT2D eigenvalue weighted by atomic mass is 14.4. The van der Waals surface area contributed by atoms with Crippen molar-refractivity contribution in [1.29, 1.82) is 0 Å². The minimum Gasteiger partial charge on any atom is -0.0620 e. The molecule has 4 aromatic carbocycles. The van der Waals surface area contributed by atoms with Crippen molar-refractivity contribution in [3.05, 3.63) is 107 Å². The van der Waals surface area contributed by atoms with E-state index in [-0.39, 0.29) is 5.41 Å². The van der Waals surface area contributed by atoms with Gasteiger partial charge >= 0.3 is 0 Å². The van der Waals surface area contributed by atoms with Crippen molar-refractivity contribution in [2.24, 2.45) is 0 Å². The summed E-state index contributed by atoms with van der Waals surface area (Å²) in [5.41, 5.74) is 14.3. The van der Waals surface area contributed by atoms with Gasteiger partial charge in [-0.05, 0) is 74.5 Å². The van der Waals surface area contributed by atoms with E-state index >= 15 is 0 Å². The first-order valence-electron chi connectivity index (χ1n) is 10.6. The molecule has 0 radical (unpaired) electrons. The van der Waals surface area contributed by atoms with Crippen LogP contribution >= 0.6 is 0 Å². The van der Waals surface area contributed by atoms with Crippen LogP contribution in [0.4, 0.5) is 0 Å². The Morgan fingerprint density at radius 1 is 0.552 bits per heavy atom. The average molecular weight is 373 g/mol. The van der Waals surface area contributed by atoms with Gasteiger partial charge in [0.15, 0.2) is 0 Å². The van der Waals surface area contributed by atoms with E-state index in [0.717, 1.165) is 12.8 Å². The Morgan fingerprint density at radius 2 is 1.24 bits per heavy atom. The first kappa shape index (κ1) is 16.8. The van der Waals surface area contributed by atoms with E-state index in [1.54, 1.807) is 0 Å². The summed E-state index contributed by atoms with van der Waals surface area (Å²) in [7, 11) is 0. The fraction of sp³-hybridized carbons (Fsp3) is 0.172. The topological polar surface area (TPSA) is 0 Å². The highest BCUT2D eigenvalue weighted by Gasteiger charge is 2.35. The van der Waals surface area contributed by atoms with Crippen molar-refractivity contribution in [3.63, 3.8) is 0 Å². The van der Waals surface area contributed by atoms with Gasteiger partial charge in [-0.25, -0.2) is 0 Å². The van der Waals surface area contributed by atoms with Crippen molar-refractivity contribution in [3.8, 4) is 33.4 Å². The van der Waals surface area contributed by atoms with Crippen molar-refractivity contribution in [1.82, 2.24) is 0 Å². The van der Waals surface area contributed by atoms with Gasteiger partial charge in [-0.15, -0.1) is 0 Å². The Morgan fingerprint density at radius 3 is 2.14 bits per heavy atom. The Hall–Kier alpha value is -3.12. The highest BCUT2D eigenvalue weighted by molar-refractivity contribution is 5.86. The van der Waals surface area contributed by atoms with E-state index in [4.69, 9.17) is 0 Å². The molecule has 0 bridgehead atoms. The first-order valence-corrected chi connectivity index (χ1v) is 10.6. The molecule has 0 aliphatic heterocycles. The summed E-state index contributed by atoms with van der Waals surface area (Å²) in [5.74, 6) is 0. The van der Waals surface area contributed by atoms with Gasteiger partial charge in [-0.1, -0.05) is 92.7 Å². The maximum atomic E-state index is 2.45. The van der Waals surface area contributed by atoms with Gasteiger partial charge in [0, 0.05) is 5.41 Å². The maximum absolute atomic E-state index is 2.45. The van der Waals surface area contributed by atoms with Gasteiger partial charge in [0.1, 0.15) is 0 Å². The predicted octanol–water partition coefficient (Wildman–Crippen LogP) is 7.43. The molecule has 2 aliphatic carbocycles. The monoisotopic (exact) mass is 372 g/mol. The van der Waals surface area contributed by atoms with Crippen molar-refractivity contribution in [2.45, 2.75) is 32.1 Å². The zero-order chi connectivity index (χ0) is 19.6. The third kappa shape index (κ3) is 2.32. The Bertz CT molecular complexity index is 1270. The minimum atomic E-state index is 0.0450. The summed E-state index contributed by atoms with van der Waals surface area (Å²) in [5, 5.41) is 0. The fourth-order valence-electron chi connectivity index (χ4n) is 5.51. The van der Waals surface area contributed by atoms with Crippen LogP contribution in [0.15, 0.2) is 84.9 Å². The van der Waals surface area contributed by atoms with Gasteiger partial charge in [0.25, 0.3) is 0 Å².